The summed E-state index contributed by atoms with van der Waals surface area (Å²) in [5.41, 5.74) is 1.01. The van der Waals surface area contributed by atoms with E-state index in [1.165, 1.54) is 12.1 Å². The minimum Gasteiger partial charge on any atom is -0.478 e. The van der Waals surface area contributed by atoms with Gasteiger partial charge in [0.25, 0.3) is 0 Å². The minimum atomic E-state index is -0.988. The zero-order valence-corrected chi connectivity index (χ0v) is 11.1. The molecule has 92 valence electrons. The van der Waals surface area contributed by atoms with E-state index in [-0.39, 0.29) is 5.56 Å². The number of halogens is 1. The van der Waals surface area contributed by atoms with Gasteiger partial charge < -0.3 is 9.84 Å². The number of aryl methyl sites for hydroxylation is 1. The van der Waals surface area contributed by atoms with Crippen LogP contribution in [-0.4, -0.2) is 16.1 Å². The van der Waals surface area contributed by atoms with Crippen molar-refractivity contribution in [1.29, 1.82) is 0 Å². The van der Waals surface area contributed by atoms with Crippen LogP contribution in [0.15, 0.2) is 41.0 Å². The van der Waals surface area contributed by atoms with E-state index in [0.29, 0.717) is 16.0 Å². The number of pyridine rings is 1. The van der Waals surface area contributed by atoms with Crippen LogP contribution in [0.25, 0.3) is 0 Å². The maximum atomic E-state index is 10.9. The Morgan fingerprint density at radius 3 is 2.78 bits per heavy atom. The molecule has 0 aliphatic rings. The summed E-state index contributed by atoms with van der Waals surface area (Å²) in [6, 6.07) is 8.12. The number of ether oxygens (including phenoxy) is 1. The lowest BCUT2D eigenvalue weighted by molar-refractivity contribution is 0.0696. The van der Waals surface area contributed by atoms with Gasteiger partial charge in [-0.1, -0.05) is 0 Å². The zero-order valence-electron chi connectivity index (χ0n) is 9.55. The van der Waals surface area contributed by atoms with Crippen LogP contribution in [0.3, 0.4) is 0 Å². The van der Waals surface area contributed by atoms with Crippen molar-refractivity contribution in [2.75, 3.05) is 0 Å². The Labute approximate surface area is 112 Å². The van der Waals surface area contributed by atoms with Gasteiger partial charge >= 0.3 is 5.97 Å². The van der Waals surface area contributed by atoms with Crippen molar-refractivity contribution in [3.63, 3.8) is 0 Å². The van der Waals surface area contributed by atoms with Crippen LogP contribution in [0, 0.1) is 6.92 Å². The molecular formula is C13H10BrNO3. The first kappa shape index (κ1) is 12.6. The molecule has 2 rings (SSSR count). The van der Waals surface area contributed by atoms with Gasteiger partial charge in [0.05, 0.1) is 10.0 Å². The van der Waals surface area contributed by atoms with Crippen molar-refractivity contribution in [2.45, 2.75) is 6.92 Å². The SMILES string of the molecule is Cc1cc(Oc2cc(C(=O)O)ccc2Br)ccn1. The highest BCUT2D eigenvalue weighted by Gasteiger charge is 2.09. The number of hydrogen-bond acceptors (Lipinski definition) is 3. The van der Waals surface area contributed by atoms with E-state index >= 15 is 0 Å². The van der Waals surface area contributed by atoms with Crippen LogP contribution in [-0.2, 0) is 0 Å². The predicted octanol–water partition coefficient (Wildman–Crippen LogP) is 3.64. The third kappa shape index (κ3) is 2.87. The first-order valence-corrected chi connectivity index (χ1v) is 5.99. The van der Waals surface area contributed by atoms with Crippen LogP contribution in [0.2, 0.25) is 0 Å². The van der Waals surface area contributed by atoms with Crippen molar-refractivity contribution in [2.24, 2.45) is 0 Å². The van der Waals surface area contributed by atoms with Crippen LogP contribution in [0.4, 0.5) is 0 Å². The molecule has 5 heteroatoms. The highest BCUT2D eigenvalue weighted by atomic mass is 79.9. The normalized spacial score (nSPS) is 10.1. The number of rotatable bonds is 3. The zero-order chi connectivity index (χ0) is 13.1. The number of carbonyl (C=O) groups is 1. The van der Waals surface area contributed by atoms with Gasteiger partial charge in [0.2, 0.25) is 0 Å². The molecule has 0 bridgehead atoms. The first-order chi connectivity index (χ1) is 8.56. The first-order valence-electron chi connectivity index (χ1n) is 5.19. The second-order valence-corrected chi connectivity index (χ2v) is 4.54. The Hall–Kier alpha value is -1.88. The Balaban J connectivity index is 2.33. The number of benzene rings is 1. The lowest BCUT2D eigenvalue weighted by Crippen LogP contribution is -1.97. The maximum absolute atomic E-state index is 10.9. The molecule has 0 unspecified atom stereocenters. The minimum absolute atomic E-state index is 0.180. The van der Waals surface area contributed by atoms with E-state index in [2.05, 4.69) is 20.9 Å². The third-order valence-corrected chi connectivity index (χ3v) is 2.93. The molecule has 0 aliphatic heterocycles. The van der Waals surface area contributed by atoms with Gasteiger partial charge in [-0.2, -0.15) is 0 Å². The Morgan fingerprint density at radius 2 is 2.11 bits per heavy atom. The number of nitrogens with zero attached hydrogens (tertiary/aromatic N) is 1. The molecule has 1 N–H and O–H groups in total. The topological polar surface area (TPSA) is 59.4 Å². The quantitative estimate of drug-likeness (QED) is 0.940. The lowest BCUT2D eigenvalue weighted by Gasteiger charge is -2.08. The molecule has 1 aromatic carbocycles. The lowest BCUT2D eigenvalue weighted by atomic mass is 10.2. The summed E-state index contributed by atoms with van der Waals surface area (Å²) in [7, 11) is 0. The molecule has 18 heavy (non-hydrogen) atoms. The monoisotopic (exact) mass is 307 g/mol. The second-order valence-electron chi connectivity index (χ2n) is 3.69. The summed E-state index contributed by atoms with van der Waals surface area (Å²) >= 11 is 3.32. The van der Waals surface area contributed by atoms with Gasteiger partial charge in [0.15, 0.2) is 0 Å². The molecule has 0 saturated carbocycles. The molecular weight excluding hydrogens is 298 g/mol. The summed E-state index contributed by atoms with van der Waals surface area (Å²) in [6.45, 7) is 1.86. The fourth-order valence-electron chi connectivity index (χ4n) is 1.42. The third-order valence-electron chi connectivity index (χ3n) is 2.27. The van der Waals surface area contributed by atoms with Gasteiger partial charge in [0, 0.05) is 18.0 Å². The highest BCUT2D eigenvalue weighted by Crippen LogP contribution is 2.30. The largest absolute Gasteiger partial charge is 0.478 e. The van der Waals surface area contributed by atoms with E-state index in [1.54, 1.807) is 24.4 Å². The average Bonchev–Trinajstić information content (AvgIpc) is 2.31. The van der Waals surface area contributed by atoms with Crippen molar-refractivity contribution in [1.82, 2.24) is 4.98 Å². The Kier molecular flexibility index (Phi) is 3.62. The molecule has 0 saturated heterocycles. The van der Waals surface area contributed by atoms with Crippen molar-refractivity contribution >= 4 is 21.9 Å². The number of aromatic nitrogens is 1. The fourth-order valence-corrected chi connectivity index (χ4v) is 1.75. The van der Waals surface area contributed by atoms with E-state index in [0.717, 1.165) is 5.69 Å². The summed E-state index contributed by atoms with van der Waals surface area (Å²) in [5.74, 6) is 0.0875. The summed E-state index contributed by atoms with van der Waals surface area (Å²) in [5, 5.41) is 8.93. The van der Waals surface area contributed by atoms with E-state index < -0.39 is 5.97 Å². The molecule has 0 spiro atoms. The van der Waals surface area contributed by atoms with Gasteiger partial charge in [-0.05, 0) is 47.1 Å². The molecule has 0 atom stereocenters. The highest BCUT2D eigenvalue weighted by molar-refractivity contribution is 9.10. The standard InChI is InChI=1S/C13H10BrNO3/c1-8-6-10(4-5-15-8)18-12-7-9(13(16)17)2-3-11(12)14/h2-7H,1H3,(H,16,17). The summed E-state index contributed by atoms with van der Waals surface area (Å²) in [6.07, 6.45) is 1.64. The summed E-state index contributed by atoms with van der Waals surface area (Å²) < 4.78 is 6.33. The van der Waals surface area contributed by atoms with Crippen molar-refractivity contribution in [3.8, 4) is 11.5 Å². The van der Waals surface area contributed by atoms with E-state index in [4.69, 9.17) is 9.84 Å². The van der Waals surface area contributed by atoms with Gasteiger partial charge in [-0.3, -0.25) is 4.98 Å². The summed E-state index contributed by atoms with van der Waals surface area (Å²) in [4.78, 5) is 15.0. The maximum Gasteiger partial charge on any atom is 0.335 e. The van der Waals surface area contributed by atoms with E-state index in [1.807, 2.05) is 6.92 Å². The van der Waals surface area contributed by atoms with Gasteiger partial charge in [-0.25, -0.2) is 4.79 Å². The molecule has 0 amide bonds. The molecule has 0 aliphatic carbocycles. The van der Waals surface area contributed by atoms with Crippen LogP contribution in [0.1, 0.15) is 16.1 Å². The number of aromatic carboxylic acids is 1. The smallest absolute Gasteiger partial charge is 0.335 e. The Morgan fingerprint density at radius 1 is 1.33 bits per heavy atom. The Bertz CT molecular complexity index is 599. The van der Waals surface area contributed by atoms with Crippen LogP contribution in [0.5, 0.6) is 11.5 Å². The van der Waals surface area contributed by atoms with Crippen molar-refractivity contribution in [3.05, 3.63) is 52.3 Å². The molecule has 0 radical (unpaired) electrons. The predicted molar refractivity (Wildman–Crippen MR) is 70.1 cm³/mol. The van der Waals surface area contributed by atoms with E-state index in [9.17, 15) is 4.79 Å². The van der Waals surface area contributed by atoms with Gasteiger partial charge in [0.1, 0.15) is 11.5 Å². The fraction of sp³-hybridized carbons (Fsp3) is 0.0769. The second kappa shape index (κ2) is 5.18. The van der Waals surface area contributed by atoms with Gasteiger partial charge in [-0.15, -0.1) is 0 Å². The molecule has 2 aromatic rings. The molecule has 0 fully saturated rings. The number of hydrogen-bond donors (Lipinski definition) is 1. The molecule has 1 heterocycles. The number of carboxylic acid groups (broad SMARTS) is 1. The molecule has 4 nitrogen and oxygen atoms in total. The molecule has 1 aromatic heterocycles. The van der Waals surface area contributed by atoms with Crippen molar-refractivity contribution < 1.29 is 14.6 Å². The van der Waals surface area contributed by atoms with Crippen LogP contribution >= 0.6 is 15.9 Å². The number of carboxylic acids is 1. The van der Waals surface area contributed by atoms with Crippen LogP contribution < -0.4 is 4.74 Å². The average molecular weight is 308 g/mol.